The molecule has 0 spiro atoms. The molecule has 0 aromatic carbocycles. The van der Waals surface area contributed by atoms with E-state index in [4.69, 9.17) is 0 Å². The van der Waals surface area contributed by atoms with Gasteiger partial charge in [-0.3, -0.25) is 0 Å². The Morgan fingerprint density at radius 3 is 1.91 bits per heavy atom. The topological polar surface area (TPSA) is 0 Å². The largest absolute Gasteiger partial charge is 0.0981 e. The molecule has 4 saturated carbocycles. The zero-order valence-corrected chi connectivity index (χ0v) is 17.1. The molecule has 0 radical (unpaired) electrons. The highest BCUT2D eigenvalue weighted by Crippen LogP contribution is 2.67. The third kappa shape index (κ3) is 3.97. The van der Waals surface area contributed by atoms with Crippen molar-refractivity contribution in [1.29, 1.82) is 0 Å². The van der Waals surface area contributed by atoms with E-state index in [1.807, 2.05) is 0 Å². The molecule has 0 heterocycles. The Kier molecular flexibility index (Phi) is 5.76. The Balaban J connectivity index is 1.48. The molecule has 1 heteroatoms. The second-order valence-corrected chi connectivity index (χ2v) is 14.7. The summed E-state index contributed by atoms with van der Waals surface area (Å²) in [6.07, 6.45) is 22.1. The third-order valence-electron chi connectivity index (χ3n) is 7.66. The maximum atomic E-state index is 2.77. The summed E-state index contributed by atoms with van der Waals surface area (Å²) < 4.78 is 0. The van der Waals surface area contributed by atoms with Gasteiger partial charge in [0.2, 0.25) is 0 Å². The number of hydrogen-bond donors (Lipinski definition) is 0. The average Bonchev–Trinajstić information content (AvgIpc) is 2.48. The van der Waals surface area contributed by atoms with Crippen LogP contribution >= 0.6 is 0 Å². The molecule has 0 saturated heterocycles. The lowest BCUT2D eigenvalue weighted by atomic mass is 9.56. The lowest BCUT2D eigenvalue weighted by Gasteiger charge is -2.61. The second kappa shape index (κ2) is 7.46. The van der Waals surface area contributed by atoms with E-state index >= 15 is 0 Å². The molecule has 0 nitrogen and oxygen atoms in total. The van der Waals surface area contributed by atoms with Crippen LogP contribution in [0.15, 0.2) is 11.8 Å². The number of hydrogen-bond acceptors (Lipinski definition) is 0. The minimum atomic E-state index is -1.22. The van der Waals surface area contributed by atoms with Gasteiger partial charge in [-0.15, -0.1) is 0 Å². The van der Waals surface area contributed by atoms with Gasteiger partial charge >= 0.3 is 0 Å². The quantitative estimate of drug-likeness (QED) is 0.302. The highest BCUT2D eigenvalue weighted by molar-refractivity contribution is 6.85. The summed E-state index contributed by atoms with van der Waals surface area (Å²) in [5.74, 6) is 3.33. The minimum Gasteiger partial charge on any atom is -0.0981 e. The van der Waals surface area contributed by atoms with Crippen molar-refractivity contribution in [2.75, 3.05) is 0 Å². The third-order valence-corrected chi connectivity index (χ3v) is 12.1. The Morgan fingerprint density at radius 1 is 0.826 bits per heavy atom. The van der Waals surface area contributed by atoms with Crippen molar-refractivity contribution in [2.45, 2.75) is 109 Å². The number of allylic oxidation sites excluding steroid dienone is 1. The van der Waals surface area contributed by atoms with Crippen LogP contribution in [0.25, 0.3) is 0 Å². The van der Waals surface area contributed by atoms with Crippen molar-refractivity contribution in [1.82, 2.24) is 0 Å². The molecule has 4 rings (SSSR count). The van der Waals surface area contributed by atoms with Gasteiger partial charge in [0.05, 0.1) is 8.07 Å². The minimum absolute atomic E-state index is 0.791. The first-order valence-corrected chi connectivity index (χ1v) is 13.8. The average molecular weight is 333 g/mol. The zero-order chi connectivity index (χ0) is 16.3. The van der Waals surface area contributed by atoms with Gasteiger partial charge in [-0.1, -0.05) is 63.9 Å². The summed E-state index contributed by atoms with van der Waals surface area (Å²) in [4.78, 5) is 0. The first kappa shape index (κ1) is 17.8. The monoisotopic (exact) mass is 332 g/mol. The summed E-state index contributed by atoms with van der Waals surface area (Å²) in [6.45, 7) is 7.69. The van der Waals surface area contributed by atoms with Gasteiger partial charge in [0.1, 0.15) is 0 Å². The molecular formula is C22H40Si. The smallest absolute Gasteiger partial charge is 0.0774 e. The predicted molar refractivity (Wildman–Crippen MR) is 105 cm³/mol. The van der Waals surface area contributed by atoms with E-state index < -0.39 is 8.07 Å². The van der Waals surface area contributed by atoms with E-state index in [-0.39, 0.29) is 0 Å². The van der Waals surface area contributed by atoms with Crippen LogP contribution in [0.5, 0.6) is 0 Å². The van der Waals surface area contributed by atoms with Gasteiger partial charge in [0.15, 0.2) is 0 Å². The number of unbranched alkanes of at least 4 members (excludes halogenated alkanes) is 6. The Hall–Kier alpha value is -0.0431. The van der Waals surface area contributed by atoms with Crippen molar-refractivity contribution in [3.8, 4) is 0 Å². The van der Waals surface area contributed by atoms with Crippen molar-refractivity contribution in [2.24, 2.45) is 17.8 Å². The second-order valence-electron chi connectivity index (χ2n) is 9.88. The Bertz CT molecular complexity index is 371. The molecule has 0 unspecified atom stereocenters. The van der Waals surface area contributed by atoms with Crippen LogP contribution in [0.3, 0.4) is 0 Å². The molecule has 0 N–H and O–H groups in total. The fourth-order valence-corrected chi connectivity index (χ4v) is 10.1. The normalized spacial score (nSPS) is 36.2. The van der Waals surface area contributed by atoms with Crippen LogP contribution in [0.4, 0.5) is 0 Å². The zero-order valence-electron chi connectivity index (χ0n) is 16.1. The SMILES string of the molecule is CCCCCCCCC=C[Si](C)(C)C12CC3CC(CC(C3)C1)C2. The van der Waals surface area contributed by atoms with Crippen molar-refractivity contribution in [3.63, 3.8) is 0 Å². The summed E-state index contributed by atoms with van der Waals surface area (Å²) in [5.41, 5.74) is 2.77. The van der Waals surface area contributed by atoms with Crippen LogP contribution < -0.4 is 0 Å². The Labute approximate surface area is 146 Å². The first-order valence-electron chi connectivity index (χ1n) is 10.7. The van der Waals surface area contributed by atoms with Crippen LogP contribution in [0.1, 0.15) is 90.4 Å². The standard InChI is InChI=1S/C22H40Si/c1-4-5-6-7-8-9-10-11-12-23(2,3)22-16-19-13-20(17-22)15-21(14-19)18-22/h11-12,19-21H,4-10,13-18H2,1-3H3. The van der Waals surface area contributed by atoms with Crippen molar-refractivity contribution in [3.05, 3.63) is 11.8 Å². The first-order chi connectivity index (χ1) is 11.0. The van der Waals surface area contributed by atoms with Crippen LogP contribution in [0.2, 0.25) is 18.1 Å². The van der Waals surface area contributed by atoms with E-state index in [0.717, 1.165) is 22.8 Å². The molecule has 0 aromatic rings. The molecule has 0 amide bonds. The van der Waals surface area contributed by atoms with Crippen LogP contribution in [-0.2, 0) is 0 Å². The van der Waals surface area contributed by atoms with Gasteiger partial charge in [-0.2, -0.15) is 0 Å². The van der Waals surface area contributed by atoms with E-state index in [1.54, 1.807) is 38.5 Å². The van der Waals surface area contributed by atoms with Gasteiger partial charge in [0, 0.05) is 0 Å². The number of rotatable bonds is 9. The molecule has 23 heavy (non-hydrogen) atoms. The molecule has 4 bridgehead atoms. The van der Waals surface area contributed by atoms with Crippen LogP contribution in [-0.4, -0.2) is 8.07 Å². The van der Waals surface area contributed by atoms with Crippen molar-refractivity contribution < 1.29 is 0 Å². The van der Waals surface area contributed by atoms with Crippen LogP contribution in [0, 0.1) is 17.8 Å². The fraction of sp³-hybridized carbons (Fsp3) is 0.909. The Morgan fingerprint density at radius 2 is 1.35 bits per heavy atom. The van der Waals surface area contributed by atoms with E-state index in [0.29, 0.717) is 0 Å². The summed E-state index contributed by atoms with van der Waals surface area (Å²) in [7, 11) is -1.22. The maximum Gasteiger partial charge on any atom is 0.0774 e. The molecule has 4 aliphatic rings. The summed E-state index contributed by atoms with van der Waals surface area (Å²) in [6, 6.07) is 0. The summed E-state index contributed by atoms with van der Waals surface area (Å²) >= 11 is 0. The molecule has 4 fully saturated rings. The van der Waals surface area contributed by atoms with Crippen molar-refractivity contribution >= 4 is 8.07 Å². The van der Waals surface area contributed by atoms with Gasteiger partial charge < -0.3 is 0 Å². The lowest BCUT2D eigenvalue weighted by Crippen LogP contribution is -2.53. The molecule has 132 valence electrons. The van der Waals surface area contributed by atoms with Gasteiger partial charge in [0.25, 0.3) is 0 Å². The molecule has 4 aliphatic carbocycles. The van der Waals surface area contributed by atoms with Gasteiger partial charge in [-0.25, -0.2) is 0 Å². The van der Waals surface area contributed by atoms with E-state index in [9.17, 15) is 0 Å². The van der Waals surface area contributed by atoms with Gasteiger partial charge in [-0.05, 0) is 74.2 Å². The summed E-state index contributed by atoms with van der Waals surface area (Å²) in [5, 5.41) is 0.791. The van der Waals surface area contributed by atoms with E-state index in [1.165, 1.54) is 44.9 Å². The molecule has 0 aromatic heterocycles. The molecular weight excluding hydrogens is 292 g/mol. The lowest BCUT2D eigenvalue weighted by molar-refractivity contribution is 0.0256. The highest BCUT2D eigenvalue weighted by Gasteiger charge is 2.56. The predicted octanol–water partition coefficient (Wildman–Crippen LogP) is 7.51. The fourth-order valence-electron chi connectivity index (χ4n) is 6.50. The highest BCUT2D eigenvalue weighted by atomic mass is 28.3. The molecule has 0 aliphatic heterocycles. The molecule has 0 atom stereocenters. The van der Waals surface area contributed by atoms with E-state index in [2.05, 4.69) is 31.8 Å². The maximum absolute atomic E-state index is 2.77.